The van der Waals surface area contributed by atoms with E-state index in [1.165, 1.54) is 12.1 Å². The highest BCUT2D eigenvalue weighted by Crippen LogP contribution is 2.41. The van der Waals surface area contributed by atoms with E-state index in [1.807, 2.05) is 18.2 Å². The van der Waals surface area contributed by atoms with Gasteiger partial charge in [-0.2, -0.15) is 0 Å². The predicted molar refractivity (Wildman–Crippen MR) is 112 cm³/mol. The Labute approximate surface area is 172 Å². The number of carbonyl (C=O) groups is 2. The first-order chi connectivity index (χ1) is 13.9. The zero-order chi connectivity index (χ0) is 21.3. The fraction of sp³-hybridized carbons (Fsp3) is 0.417. The molecule has 0 spiro atoms. The molecule has 0 aliphatic carbocycles. The molecule has 29 heavy (non-hydrogen) atoms. The second-order valence-corrected chi connectivity index (χ2v) is 7.51. The van der Waals surface area contributed by atoms with E-state index in [4.69, 9.17) is 0 Å². The summed E-state index contributed by atoms with van der Waals surface area (Å²) in [5.41, 5.74) is -0.267. The Hall–Kier alpha value is -2.66. The summed E-state index contributed by atoms with van der Waals surface area (Å²) >= 11 is 0. The van der Waals surface area contributed by atoms with Gasteiger partial charge in [0.05, 0.1) is 12.0 Å². The van der Waals surface area contributed by atoms with Crippen LogP contribution in [0.25, 0.3) is 0 Å². The maximum Gasteiger partial charge on any atom is 0.335 e. The van der Waals surface area contributed by atoms with Crippen LogP contribution in [-0.4, -0.2) is 27.3 Å². The molecular weight excluding hydrogens is 368 g/mol. The lowest BCUT2D eigenvalue weighted by Gasteiger charge is -2.37. The number of unbranched alkanes of at least 4 members (excludes halogenated alkanes) is 4. The molecule has 2 atom stereocenters. The first kappa shape index (κ1) is 22.6. The first-order valence-electron chi connectivity index (χ1n) is 10.2. The van der Waals surface area contributed by atoms with Gasteiger partial charge in [0.2, 0.25) is 0 Å². The Kier molecular flexibility index (Phi) is 8.40. The summed E-state index contributed by atoms with van der Waals surface area (Å²) in [5.74, 6) is -2.53. The van der Waals surface area contributed by atoms with Crippen LogP contribution in [-0.2, 0) is 10.4 Å². The zero-order valence-corrected chi connectivity index (χ0v) is 16.9. The number of aliphatic carboxylic acids is 1. The Morgan fingerprint density at radius 2 is 1.45 bits per heavy atom. The van der Waals surface area contributed by atoms with Crippen LogP contribution >= 0.6 is 0 Å². The van der Waals surface area contributed by atoms with Crippen LogP contribution in [0, 0.1) is 5.92 Å². The molecule has 0 amide bonds. The third-order valence-corrected chi connectivity index (χ3v) is 5.45. The highest BCUT2D eigenvalue weighted by molar-refractivity contribution is 5.87. The van der Waals surface area contributed by atoms with Gasteiger partial charge in [-0.1, -0.05) is 81.5 Å². The molecule has 0 saturated carbocycles. The van der Waals surface area contributed by atoms with E-state index in [9.17, 15) is 24.9 Å². The van der Waals surface area contributed by atoms with Crippen LogP contribution in [0.15, 0.2) is 54.6 Å². The van der Waals surface area contributed by atoms with E-state index >= 15 is 0 Å². The molecule has 0 fully saturated rings. The van der Waals surface area contributed by atoms with Crippen molar-refractivity contribution in [3.8, 4) is 0 Å². The van der Waals surface area contributed by atoms with Crippen molar-refractivity contribution >= 4 is 11.9 Å². The summed E-state index contributed by atoms with van der Waals surface area (Å²) in [7, 11) is 0. The molecule has 0 heterocycles. The highest BCUT2D eigenvalue weighted by Gasteiger charge is 2.41. The first-order valence-corrected chi connectivity index (χ1v) is 10.2. The van der Waals surface area contributed by atoms with Crippen LogP contribution in [0.1, 0.15) is 73.4 Å². The number of hydrogen-bond donors (Lipinski definition) is 3. The summed E-state index contributed by atoms with van der Waals surface area (Å²) in [6.07, 6.45) is 5.59. The quantitative estimate of drug-likeness (QED) is 0.434. The number of rotatable bonds is 12. The smallest absolute Gasteiger partial charge is 0.335 e. The van der Waals surface area contributed by atoms with E-state index in [0.29, 0.717) is 17.5 Å². The largest absolute Gasteiger partial charge is 0.481 e. The van der Waals surface area contributed by atoms with Crippen molar-refractivity contribution in [3.63, 3.8) is 0 Å². The fourth-order valence-corrected chi connectivity index (χ4v) is 3.86. The van der Waals surface area contributed by atoms with Crippen LogP contribution < -0.4 is 0 Å². The summed E-state index contributed by atoms with van der Waals surface area (Å²) in [6.45, 7) is 2.14. The van der Waals surface area contributed by atoms with Crippen molar-refractivity contribution in [2.45, 2.75) is 57.5 Å². The minimum atomic E-state index is -1.51. The lowest BCUT2D eigenvalue weighted by atomic mass is 9.72. The van der Waals surface area contributed by atoms with Gasteiger partial charge in [0.1, 0.15) is 5.60 Å². The molecule has 0 aliphatic rings. The van der Waals surface area contributed by atoms with E-state index in [1.54, 1.807) is 24.3 Å². The maximum absolute atomic E-state index is 11.9. The summed E-state index contributed by atoms with van der Waals surface area (Å²) in [6, 6.07) is 15.1. The SMILES string of the molecule is CCCCCCCC(CC(=O)O)C(O)(c1ccccc1)c1ccc(C(=O)O)cc1. The second-order valence-electron chi connectivity index (χ2n) is 7.51. The predicted octanol–water partition coefficient (Wildman–Crippen LogP) is 5.07. The highest BCUT2D eigenvalue weighted by atomic mass is 16.4. The molecule has 0 aliphatic heterocycles. The number of hydrogen-bond acceptors (Lipinski definition) is 3. The Bertz CT molecular complexity index is 785. The third kappa shape index (κ3) is 5.91. The average molecular weight is 398 g/mol. The number of carboxylic acid groups (broad SMARTS) is 2. The van der Waals surface area contributed by atoms with E-state index < -0.39 is 23.5 Å². The van der Waals surface area contributed by atoms with Crippen molar-refractivity contribution in [2.75, 3.05) is 0 Å². The molecule has 2 rings (SSSR count). The maximum atomic E-state index is 11.9. The zero-order valence-electron chi connectivity index (χ0n) is 16.9. The van der Waals surface area contributed by atoms with Crippen LogP contribution in [0.5, 0.6) is 0 Å². The number of carboxylic acids is 2. The second kappa shape index (κ2) is 10.8. The number of aromatic carboxylic acids is 1. The van der Waals surface area contributed by atoms with Gasteiger partial charge in [-0.05, 0) is 29.7 Å². The van der Waals surface area contributed by atoms with E-state index in [2.05, 4.69) is 6.92 Å². The van der Waals surface area contributed by atoms with E-state index in [-0.39, 0.29) is 12.0 Å². The number of benzene rings is 2. The molecule has 5 nitrogen and oxygen atoms in total. The monoisotopic (exact) mass is 398 g/mol. The van der Waals surface area contributed by atoms with Gasteiger partial charge in [0.15, 0.2) is 0 Å². The molecule has 3 N–H and O–H groups in total. The molecule has 0 saturated heterocycles. The normalized spacial score (nSPS) is 14.1. The van der Waals surface area contributed by atoms with Crippen LogP contribution in [0.4, 0.5) is 0 Å². The average Bonchev–Trinajstić information content (AvgIpc) is 2.72. The minimum absolute atomic E-state index is 0.124. The van der Waals surface area contributed by atoms with Crippen molar-refractivity contribution in [3.05, 3.63) is 71.3 Å². The Morgan fingerprint density at radius 3 is 2.00 bits per heavy atom. The van der Waals surface area contributed by atoms with Crippen molar-refractivity contribution < 1.29 is 24.9 Å². The standard InChI is InChI=1S/C24H30O5/c1-2-3-4-5-7-12-21(17-22(25)26)24(29,19-10-8-6-9-11-19)20-15-13-18(14-16-20)23(27)28/h6,8-11,13-16,21,29H,2-5,7,12,17H2,1H3,(H,25,26)(H,27,28). The van der Waals surface area contributed by atoms with Gasteiger partial charge in [0.25, 0.3) is 0 Å². The Balaban J connectivity index is 2.42. The minimum Gasteiger partial charge on any atom is -0.481 e. The van der Waals surface area contributed by atoms with Gasteiger partial charge >= 0.3 is 11.9 Å². The molecular formula is C24H30O5. The lowest BCUT2D eigenvalue weighted by molar-refractivity contribution is -0.140. The molecule has 0 radical (unpaired) electrons. The van der Waals surface area contributed by atoms with Crippen molar-refractivity contribution in [2.24, 2.45) is 5.92 Å². The third-order valence-electron chi connectivity index (χ3n) is 5.45. The Morgan fingerprint density at radius 1 is 0.862 bits per heavy atom. The molecule has 0 aromatic heterocycles. The summed E-state index contributed by atoms with van der Waals surface area (Å²) < 4.78 is 0. The topological polar surface area (TPSA) is 94.8 Å². The van der Waals surface area contributed by atoms with Gasteiger partial charge < -0.3 is 15.3 Å². The van der Waals surface area contributed by atoms with Crippen molar-refractivity contribution in [1.29, 1.82) is 0 Å². The van der Waals surface area contributed by atoms with Gasteiger partial charge in [0, 0.05) is 5.92 Å². The van der Waals surface area contributed by atoms with Crippen LogP contribution in [0.2, 0.25) is 0 Å². The molecule has 156 valence electrons. The number of aliphatic hydroxyl groups is 1. The van der Waals surface area contributed by atoms with E-state index in [0.717, 1.165) is 32.1 Å². The van der Waals surface area contributed by atoms with Gasteiger partial charge in [-0.15, -0.1) is 0 Å². The van der Waals surface area contributed by atoms with Gasteiger partial charge in [-0.25, -0.2) is 4.79 Å². The van der Waals surface area contributed by atoms with Crippen LogP contribution in [0.3, 0.4) is 0 Å². The van der Waals surface area contributed by atoms with Crippen molar-refractivity contribution in [1.82, 2.24) is 0 Å². The lowest BCUT2D eigenvalue weighted by Crippen LogP contribution is -2.38. The summed E-state index contributed by atoms with van der Waals surface area (Å²) in [5, 5.41) is 30.6. The molecule has 0 bridgehead atoms. The molecule has 2 aromatic carbocycles. The molecule has 2 aromatic rings. The molecule has 2 unspecified atom stereocenters. The summed E-state index contributed by atoms with van der Waals surface area (Å²) in [4.78, 5) is 22.8. The molecule has 5 heteroatoms. The fourth-order valence-electron chi connectivity index (χ4n) is 3.86. The van der Waals surface area contributed by atoms with Gasteiger partial charge in [-0.3, -0.25) is 4.79 Å².